The molecule has 1 aliphatic carbocycles. The van der Waals surface area contributed by atoms with Gasteiger partial charge in [-0.25, -0.2) is 4.79 Å². The summed E-state index contributed by atoms with van der Waals surface area (Å²) in [4.78, 5) is 18.3. The Morgan fingerprint density at radius 3 is 2.30 bits per heavy atom. The fourth-order valence-corrected chi connectivity index (χ4v) is 3.71. The number of rotatable bonds is 5. The lowest BCUT2D eigenvalue weighted by atomic mass is 9.67. The monoisotopic (exact) mass is 494 g/mol. The van der Waals surface area contributed by atoms with E-state index in [0.717, 1.165) is 45.0 Å². The van der Waals surface area contributed by atoms with Crippen molar-refractivity contribution in [2.45, 2.75) is 71.8 Å². The molecule has 0 aromatic heterocycles. The van der Waals surface area contributed by atoms with E-state index in [9.17, 15) is 4.79 Å². The van der Waals surface area contributed by atoms with Gasteiger partial charge in [0.25, 0.3) is 0 Å². The Morgan fingerprint density at radius 2 is 1.85 bits per heavy atom. The minimum absolute atomic E-state index is 0. The Morgan fingerprint density at radius 1 is 1.22 bits per heavy atom. The molecular weight excluding hydrogens is 455 g/mol. The normalized spacial score (nSPS) is 20.3. The Bertz CT molecular complexity index is 487. The Balaban J connectivity index is 0.00000364. The first-order valence-electron chi connectivity index (χ1n) is 10.2. The van der Waals surface area contributed by atoms with E-state index in [0.29, 0.717) is 11.3 Å². The maximum Gasteiger partial charge on any atom is 0.410 e. The van der Waals surface area contributed by atoms with Crippen molar-refractivity contribution in [1.29, 1.82) is 0 Å². The lowest BCUT2D eigenvalue weighted by Crippen LogP contribution is -2.48. The zero-order valence-electron chi connectivity index (χ0n) is 17.8. The van der Waals surface area contributed by atoms with Crippen LogP contribution in [0.1, 0.15) is 66.2 Å². The second-order valence-electron chi connectivity index (χ2n) is 8.92. The van der Waals surface area contributed by atoms with Gasteiger partial charge in [-0.1, -0.05) is 13.3 Å². The molecule has 1 aliphatic heterocycles. The van der Waals surface area contributed by atoms with Crippen LogP contribution < -0.4 is 10.6 Å². The molecule has 1 amide bonds. The van der Waals surface area contributed by atoms with Crippen LogP contribution in [0.5, 0.6) is 0 Å². The van der Waals surface area contributed by atoms with Crippen LogP contribution in [0.4, 0.5) is 4.79 Å². The molecule has 1 saturated heterocycles. The number of ether oxygens (including phenoxy) is 1. The van der Waals surface area contributed by atoms with Gasteiger partial charge in [-0.15, -0.1) is 24.0 Å². The quantitative estimate of drug-likeness (QED) is 0.345. The average molecular weight is 494 g/mol. The van der Waals surface area contributed by atoms with Crippen LogP contribution in [-0.2, 0) is 4.74 Å². The van der Waals surface area contributed by atoms with Crippen LogP contribution >= 0.6 is 24.0 Å². The minimum Gasteiger partial charge on any atom is -0.444 e. The lowest BCUT2D eigenvalue weighted by Gasteiger charge is -2.41. The second kappa shape index (κ2) is 10.7. The standard InChI is InChI=1S/C20H38N4O2.HI/c1-6-20(10-7-11-20)15-23-17(21-5)22-14-16-8-12-24(13-9-16)18(25)26-19(2,3)4;/h16H,6-15H2,1-5H3,(H2,21,22,23);1H. The summed E-state index contributed by atoms with van der Waals surface area (Å²) >= 11 is 0. The highest BCUT2D eigenvalue weighted by molar-refractivity contribution is 14.0. The molecular formula is C20H39IN4O2. The first-order valence-corrected chi connectivity index (χ1v) is 10.2. The van der Waals surface area contributed by atoms with E-state index in [2.05, 4.69) is 22.5 Å². The Hall–Kier alpha value is -0.730. The van der Waals surface area contributed by atoms with Crippen LogP contribution in [0.3, 0.4) is 0 Å². The molecule has 1 heterocycles. The van der Waals surface area contributed by atoms with Gasteiger partial charge in [-0.3, -0.25) is 4.99 Å². The number of hydrogen-bond donors (Lipinski definition) is 2. The maximum absolute atomic E-state index is 12.1. The van der Waals surface area contributed by atoms with Crippen molar-refractivity contribution in [3.05, 3.63) is 0 Å². The summed E-state index contributed by atoms with van der Waals surface area (Å²) in [5, 5.41) is 6.98. The maximum atomic E-state index is 12.1. The summed E-state index contributed by atoms with van der Waals surface area (Å²) in [7, 11) is 1.83. The minimum atomic E-state index is -0.427. The van der Waals surface area contributed by atoms with Crippen molar-refractivity contribution in [1.82, 2.24) is 15.5 Å². The summed E-state index contributed by atoms with van der Waals surface area (Å²) in [5.74, 6) is 1.47. The average Bonchev–Trinajstić information content (AvgIpc) is 2.55. The lowest BCUT2D eigenvalue weighted by molar-refractivity contribution is 0.0185. The molecule has 0 radical (unpaired) electrons. The fraction of sp³-hybridized carbons (Fsp3) is 0.900. The number of nitrogens with one attached hydrogen (secondary N) is 2. The second-order valence-corrected chi connectivity index (χ2v) is 8.92. The van der Waals surface area contributed by atoms with E-state index in [4.69, 9.17) is 4.74 Å². The molecule has 0 aromatic rings. The number of amides is 1. The third-order valence-electron chi connectivity index (χ3n) is 5.84. The number of hydrogen-bond acceptors (Lipinski definition) is 3. The highest BCUT2D eigenvalue weighted by atomic mass is 127. The van der Waals surface area contributed by atoms with E-state index in [1.807, 2.05) is 32.7 Å². The molecule has 158 valence electrons. The largest absolute Gasteiger partial charge is 0.444 e. The number of guanidine groups is 1. The molecule has 0 unspecified atom stereocenters. The SMILES string of the molecule is CCC1(CNC(=NC)NCC2CCN(C(=O)OC(C)(C)C)CC2)CCC1.I. The van der Waals surface area contributed by atoms with Crippen LogP contribution in [0, 0.1) is 11.3 Å². The van der Waals surface area contributed by atoms with E-state index < -0.39 is 5.60 Å². The number of carbonyl (C=O) groups is 1. The molecule has 0 spiro atoms. The van der Waals surface area contributed by atoms with Gasteiger partial charge in [0.2, 0.25) is 0 Å². The van der Waals surface area contributed by atoms with Crippen LogP contribution in [0.15, 0.2) is 4.99 Å². The summed E-state index contributed by atoms with van der Waals surface area (Å²) in [6.45, 7) is 11.5. The predicted molar refractivity (Wildman–Crippen MR) is 122 cm³/mol. The number of aliphatic imine (C=N–C) groups is 1. The van der Waals surface area contributed by atoms with Crippen molar-refractivity contribution in [2.75, 3.05) is 33.2 Å². The first kappa shape index (κ1) is 24.3. The number of nitrogens with zero attached hydrogens (tertiary/aromatic N) is 2. The Kier molecular flexibility index (Phi) is 9.65. The third-order valence-corrected chi connectivity index (χ3v) is 5.84. The molecule has 7 heteroatoms. The van der Waals surface area contributed by atoms with Gasteiger partial charge in [0, 0.05) is 33.2 Å². The summed E-state index contributed by atoms with van der Waals surface area (Å²) in [6.07, 6.45) is 7.07. The number of halogens is 1. The molecule has 2 fully saturated rings. The molecule has 0 aromatic carbocycles. The van der Waals surface area contributed by atoms with Gasteiger partial charge >= 0.3 is 6.09 Å². The number of carbonyl (C=O) groups excluding carboxylic acids is 1. The molecule has 1 saturated carbocycles. The van der Waals surface area contributed by atoms with Gasteiger partial charge < -0.3 is 20.3 Å². The molecule has 2 aliphatic rings. The summed E-state index contributed by atoms with van der Waals surface area (Å²) in [6, 6.07) is 0. The van der Waals surface area contributed by atoms with Gasteiger partial charge in [0.1, 0.15) is 5.60 Å². The first-order chi connectivity index (χ1) is 12.3. The van der Waals surface area contributed by atoms with Crippen molar-refractivity contribution < 1.29 is 9.53 Å². The van der Waals surface area contributed by atoms with Crippen LogP contribution in [0.2, 0.25) is 0 Å². The molecule has 2 rings (SSSR count). The number of likely N-dealkylation sites (tertiary alicyclic amines) is 1. The molecule has 27 heavy (non-hydrogen) atoms. The molecule has 0 atom stereocenters. The highest BCUT2D eigenvalue weighted by Gasteiger charge is 2.35. The third kappa shape index (κ3) is 7.66. The van der Waals surface area contributed by atoms with Crippen LogP contribution in [0.25, 0.3) is 0 Å². The molecule has 6 nitrogen and oxygen atoms in total. The molecule has 0 bridgehead atoms. The van der Waals surface area contributed by atoms with Gasteiger partial charge in [-0.2, -0.15) is 0 Å². The zero-order valence-corrected chi connectivity index (χ0v) is 20.1. The van der Waals surface area contributed by atoms with Crippen molar-refractivity contribution in [3.8, 4) is 0 Å². The van der Waals surface area contributed by atoms with Crippen molar-refractivity contribution >= 4 is 36.0 Å². The molecule has 2 N–H and O–H groups in total. The zero-order chi connectivity index (χ0) is 19.2. The fourth-order valence-electron chi connectivity index (χ4n) is 3.71. The van der Waals surface area contributed by atoms with Gasteiger partial charge in [0.15, 0.2) is 5.96 Å². The van der Waals surface area contributed by atoms with Crippen molar-refractivity contribution in [3.63, 3.8) is 0 Å². The highest BCUT2D eigenvalue weighted by Crippen LogP contribution is 2.42. The summed E-state index contributed by atoms with van der Waals surface area (Å²) < 4.78 is 5.46. The van der Waals surface area contributed by atoms with Crippen molar-refractivity contribution in [2.24, 2.45) is 16.3 Å². The van der Waals surface area contributed by atoms with E-state index >= 15 is 0 Å². The van der Waals surface area contributed by atoms with E-state index in [-0.39, 0.29) is 30.1 Å². The smallest absolute Gasteiger partial charge is 0.410 e. The Labute approximate surface area is 182 Å². The van der Waals surface area contributed by atoms with Gasteiger partial charge in [0.05, 0.1) is 0 Å². The summed E-state index contributed by atoms with van der Waals surface area (Å²) in [5.41, 5.74) is 0.0559. The van der Waals surface area contributed by atoms with E-state index in [1.54, 1.807) is 0 Å². The van der Waals surface area contributed by atoms with E-state index in [1.165, 1.54) is 25.7 Å². The predicted octanol–water partition coefficient (Wildman–Crippen LogP) is 4.00. The number of piperidine rings is 1. The van der Waals surface area contributed by atoms with Gasteiger partial charge in [-0.05, 0) is 64.2 Å². The van der Waals surface area contributed by atoms with Crippen LogP contribution in [-0.4, -0.2) is 55.8 Å². The topological polar surface area (TPSA) is 66.0 Å².